The monoisotopic (exact) mass is 218 g/mol. The SMILES string of the molecule is CCOC(=O)/N=N/C1(Cl)CCCCC1. The molecule has 0 atom stereocenters. The van der Waals surface area contributed by atoms with Crippen molar-refractivity contribution in [3.05, 3.63) is 0 Å². The lowest BCUT2D eigenvalue weighted by molar-refractivity contribution is 0.160. The van der Waals surface area contributed by atoms with E-state index in [9.17, 15) is 4.79 Å². The van der Waals surface area contributed by atoms with Crippen LogP contribution in [0, 0.1) is 0 Å². The van der Waals surface area contributed by atoms with E-state index in [0.29, 0.717) is 6.61 Å². The highest BCUT2D eigenvalue weighted by atomic mass is 35.5. The molecule has 4 nitrogen and oxygen atoms in total. The van der Waals surface area contributed by atoms with E-state index in [2.05, 4.69) is 15.0 Å². The van der Waals surface area contributed by atoms with Crippen LogP contribution in [-0.2, 0) is 4.74 Å². The van der Waals surface area contributed by atoms with E-state index >= 15 is 0 Å². The van der Waals surface area contributed by atoms with Crippen LogP contribution < -0.4 is 0 Å². The van der Waals surface area contributed by atoms with Crippen LogP contribution in [0.1, 0.15) is 39.0 Å². The van der Waals surface area contributed by atoms with Gasteiger partial charge in [0, 0.05) is 0 Å². The molecule has 14 heavy (non-hydrogen) atoms. The number of hydrogen-bond donors (Lipinski definition) is 0. The van der Waals surface area contributed by atoms with E-state index in [1.807, 2.05) is 0 Å². The molecule has 5 heteroatoms. The highest BCUT2D eigenvalue weighted by Crippen LogP contribution is 2.35. The summed E-state index contributed by atoms with van der Waals surface area (Å²) in [6, 6.07) is 0. The summed E-state index contributed by atoms with van der Waals surface area (Å²) in [5, 5.41) is 7.29. The zero-order chi connectivity index (χ0) is 10.4. The minimum absolute atomic E-state index is 0.313. The first-order valence-electron chi connectivity index (χ1n) is 4.95. The molecule has 0 N–H and O–H groups in total. The Hall–Kier alpha value is -0.640. The van der Waals surface area contributed by atoms with Gasteiger partial charge < -0.3 is 4.74 Å². The van der Waals surface area contributed by atoms with Gasteiger partial charge in [0.1, 0.15) is 0 Å². The van der Waals surface area contributed by atoms with E-state index in [1.54, 1.807) is 6.92 Å². The maximum Gasteiger partial charge on any atom is 0.452 e. The summed E-state index contributed by atoms with van der Waals surface area (Å²) in [6.45, 7) is 2.04. The van der Waals surface area contributed by atoms with E-state index < -0.39 is 11.1 Å². The quantitative estimate of drug-likeness (QED) is 0.405. The Kier molecular flexibility index (Phi) is 4.32. The summed E-state index contributed by atoms with van der Waals surface area (Å²) >= 11 is 6.15. The zero-order valence-corrected chi connectivity index (χ0v) is 9.09. The molecule has 1 aliphatic rings. The molecule has 0 radical (unpaired) electrons. The fourth-order valence-corrected chi connectivity index (χ4v) is 1.78. The number of nitrogens with zero attached hydrogens (tertiary/aromatic N) is 2. The molecule has 1 amide bonds. The van der Waals surface area contributed by atoms with Gasteiger partial charge in [-0.1, -0.05) is 23.1 Å². The van der Waals surface area contributed by atoms with Crippen LogP contribution in [-0.4, -0.2) is 17.7 Å². The van der Waals surface area contributed by atoms with Gasteiger partial charge in [0.25, 0.3) is 0 Å². The molecule has 1 saturated carbocycles. The molecule has 0 heterocycles. The van der Waals surface area contributed by atoms with Gasteiger partial charge in [-0.05, 0) is 32.6 Å². The van der Waals surface area contributed by atoms with Gasteiger partial charge in [0.2, 0.25) is 0 Å². The Labute approximate surface area is 88.7 Å². The zero-order valence-electron chi connectivity index (χ0n) is 8.33. The minimum Gasteiger partial charge on any atom is -0.447 e. The highest BCUT2D eigenvalue weighted by Gasteiger charge is 2.29. The van der Waals surface area contributed by atoms with Crippen LogP contribution >= 0.6 is 11.6 Å². The summed E-state index contributed by atoms with van der Waals surface area (Å²) in [5.74, 6) is 0. The fourth-order valence-electron chi connectivity index (χ4n) is 1.48. The van der Waals surface area contributed by atoms with Crippen LogP contribution in [0.25, 0.3) is 0 Å². The van der Waals surface area contributed by atoms with Gasteiger partial charge in [-0.15, -0.1) is 0 Å². The second kappa shape index (κ2) is 5.29. The standard InChI is InChI=1S/C9H15ClN2O2/c1-2-14-8(13)11-12-9(10)6-4-3-5-7-9/h2-7H2,1H3/b12-11+. The van der Waals surface area contributed by atoms with Crippen molar-refractivity contribution in [2.24, 2.45) is 10.2 Å². The Morgan fingerprint density at radius 3 is 2.64 bits per heavy atom. The van der Waals surface area contributed by atoms with Crippen molar-refractivity contribution < 1.29 is 9.53 Å². The molecule has 0 aromatic heterocycles. The van der Waals surface area contributed by atoms with Gasteiger partial charge in [0.15, 0.2) is 5.00 Å². The third-order valence-electron chi connectivity index (χ3n) is 2.20. The summed E-state index contributed by atoms with van der Waals surface area (Å²) in [7, 11) is 0. The maximum absolute atomic E-state index is 10.9. The number of carbonyl (C=O) groups excluding carboxylic acids is 1. The van der Waals surface area contributed by atoms with Gasteiger partial charge in [-0.2, -0.15) is 5.11 Å². The van der Waals surface area contributed by atoms with Crippen molar-refractivity contribution in [1.82, 2.24) is 0 Å². The molecule has 0 saturated heterocycles. The van der Waals surface area contributed by atoms with Gasteiger partial charge in [-0.3, -0.25) is 0 Å². The van der Waals surface area contributed by atoms with Crippen molar-refractivity contribution >= 4 is 17.7 Å². The third kappa shape index (κ3) is 3.62. The van der Waals surface area contributed by atoms with Crippen LogP contribution in [0.5, 0.6) is 0 Å². The van der Waals surface area contributed by atoms with E-state index in [1.165, 1.54) is 6.42 Å². The average Bonchev–Trinajstić information content (AvgIpc) is 2.17. The topological polar surface area (TPSA) is 51.0 Å². The van der Waals surface area contributed by atoms with E-state index in [0.717, 1.165) is 25.7 Å². The number of halogens is 1. The number of carbonyl (C=O) groups is 1. The summed E-state index contributed by atoms with van der Waals surface area (Å²) in [6.07, 6.45) is 4.20. The molecule has 1 aliphatic carbocycles. The number of rotatable bonds is 2. The molecule has 0 aromatic rings. The number of ether oxygens (including phenoxy) is 1. The van der Waals surface area contributed by atoms with Crippen LogP contribution in [0.2, 0.25) is 0 Å². The van der Waals surface area contributed by atoms with Crippen LogP contribution in [0.4, 0.5) is 4.79 Å². The van der Waals surface area contributed by atoms with Crippen molar-refractivity contribution in [2.45, 2.75) is 44.0 Å². The van der Waals surface area contributed by atoms with Crippen molar-refractivity contribution in [3.63, 3.8) is 0 Å². The molecule has 80 valence electrons. The first kappa shape index (κ1) is 11.4. The molecular formula is C9H15ClN2O2. The Morgan fingerprint density at radius 2 is 2.07 bits per heavy atom. The molecule has 1 rings (SSSR count). The van der Waals surface area contributed by atoms with Gasteiger partial charge in [0.05, 0.1) is 6.61 Å². The normalized spacial score (nSPS) is 21.0. The Bertz CT molecular complexity index is 225. The predicted octanol–water partition coefficient (Wildman–Crippen LogP) is 3.49. The predicted molar refractivity (Wildman–Crippen MR) is 53.5 cm³/mol. The second-order valence-electron chi connectivity index (χ2n) is 3.38. The number of hydrogen-bond acceptors (Lipinski definition) is 3. The van der Waals surface area contributed by atoms with Crippen molar-refractivity contribution in [1.29, 1.82) is 0 Å². The van der Waals surface area contributed by atoms with E-state index in [-0.39, 0.29) is 0 Å². The van der Waals surface area contributed by atoms with Crippen molar-refractivity contribution in [2.75, 3.05) is 6.61 Å². The lowest BCUT2D eigenvalue weighted by Crippen LogP contribution is -2.21. The number of azo groups is 1. The molecule has 0 bridgehead atoms. The van der Waals surface area contributed by atoms with Crippen LogP contribution in [0.3, 0.4) is 0 Å². The first-order chi connectivity index (χ1) is 6.66. The number of amides is 1. The molecule has 0 unspecified atom stereocenters. The summed E-state index contributed by atoms with van der Waals surface area (Å²) in [5.41, 5.74) is 0. The lowest BCUT2D eigenvalue weighted by atomic mass is 9.96. The average molecular weight is 219 g/mol. The summed E-state index contributed by atoms with van der Waals surface area (Å²) < 4.78 is 4.62. The fraction of sp³-hybridized carbons (Fsp3) is 0.889. The molecule has 0 aliphatic heterocycles. The third-order valence-corrected chi connectivity index (χ3v) is 2.65. The molecule has 1 fully saturated rings. The minimum atomic E-state index is -0.662. The van der Waals surface area contributed by atoms with Gasteiger partial charge >= 0.3 is 6.09 Å². The second-order valence-corrected chi connectivity index (χ2v) is 4.08. The highest BCUT2D eigenvalue weighted by molar-refractivity contribution is 6.23. The summed E-state index contributed by atoms with van der Waals surface area (Å²) in [4.78, 5) is 10.2. The molecular weight excluding hydrogens is 204 g/mol. The largest absolute Gasteiger partial charge is 0.452 e. The first-order valence-corrected chi connectivity index (χ1v) is 5.33. The van der Waals surface area contributed by atoms with E-state index in [4.69, 9.17) is 11.6 Å². The van der Waals surface area contributed by atoms with Gasteiger partial charge in [-0.25, -0.2) is 4.79 Å². The molecule has 0 spiro atoms. The van der Waals surface area contributed by atoms with Crippen molar-refractivity contribution in [3.8, 4) is 0 Å². The number of alkyl halides is 1. The lowest BCUT2D eigenvalue weighted by Gasteiger charge is -2.25. The van der Waals surface area contributed by atoms with Crippen LogP contribution in [0.15, 0.2) is 10.2 Å². The maximum atomic E-state index is 10.9. The molecule has 0 aromatic carbocycles. The Balaban J connectivity index is 2.44. The Morgan fingerprint density at radius 1 is 1.43 bits per heavy atom. The smallest absolute Gasteiger partial charge is 0.447 e.